The fraction of sp³-hybridized carbons (Fsp3) is 0.235. The Morgan fingerprint density at radius 3 is 2.25 bits per heavy atom. The average Bonchev–Trinajstić information content (AvgIpc) is 2.67. The van der Waals surface area contributed by atoms with Gasteiger partial charge in [-0.3, -0.25) is 10.1 Å². The highest BCUT2D eigenvalue weighted by Crippen LogP contribution is 2.45. The van der Waals surface area contributed by atoms with Gasteiger partial charge in [-0.25, -0.2) is 5.43 Å². The van der Waals surface area contributed by atoms with Crippen LogP contribution in [0.5, 0.6) is 5.75 Å². The fourth-order valence-corrected chi connectivity index (χ4v) is 2.83. The minimum absolute atomic E-state index is 0.0329. The molecule has 0 aliphatic heterocycles. The third kappa shape index (κ3) is 5.79. The molecule has 1 N–H and O–H groups in total. The third-order valence-corrected chi connectivity index (χ3v) is 4.55. The molecule has 0 radical (unpaired) electrons. The summed E-state index contributed by atoms with van der Waals surface area (Å²) in [7, 11) is 0. The molecule has 0 unspecified atom stereocenters. The second-order valence-corrected chi connectivity index (χ2v) is 7.33. The SMILES string of the molecule is O=[N+]([O-])c1cc(/C=N\NC(F)(F)C(F)(F)C(F)(F)F)cc(Br)c1OCc1ccc(Cl)cc1. The number of ether oxygens (including phenoxy) is 1. The number of nitrogens with zero attached hydrogens (tertiary/aromatic N) is 2. The monoisotopic (exact) mass is 551 g/mol. The molecule has 2 rings (SSSR count). The van der Waals surface area contributed by atoms with Gasteiger partial charge in [-0.05, 0) is 39.7 Å². The number of hydrogen-bond acceptors (Lipinski definition) is 5. The maximum absolute atomic E-state index is 13.2. The average molecular weight is 553 g/mol. The van der Waals surface area contributed by atoms with Crippen molar-refractivity contribution in [3.8, 4) is 5.75 Å². The number of nitro groups is 1. The van der Waals surface area contributed by atoms with E-state index in [1.54, 1.807) is 24.3 Å². The molecule has 0 aliphatic carbocycles. The molecule has 15 heteroatoms. The van der Waals surface area contributed by atoms with Crippen molar-refractivity contribution in [1.82, 2.24) is 5.43 Å². The van der Waals surface area contributed by atoms with Gasteiger partial charge in [-0.2, -0.15) is 35.8 Å². The molecule has 0 bridgehead atoms. The Balaban J connectivity index is 2.23. The quantitative estimate of drug-likeness (QED) is 0.137. The van der Waals surface area contributed by atoms with E-state index < -0.39 is 28.8 Å². The summed E-state index contributed by atoms with van der Waals surface area (Å²) in [5.74, 6) is -6.66. The van der Waals surface area contributed by atoms with Crippen molar-refractivity contribution in [2.45, 2.75) is 24.8 Å². The van der Waals surface area contributed by atoms with Gasteiger partial charge in [0.05, 0.1) is 15.6 Å². The van der Waals surface area contributed by atoms with E-state index >= 15 is 0 Å². The van der Waals surface area contributed by atoms with E-state index in [9.17, 15) is 40.8 Å². The molecular weight excluding hydrogens is 543 g/mol. The smallest absolute Gasteiger partial charge is 0.462 e. The van der Waals surface area contributed by atoms with Crippen LogP contribution in [-0.4, -0.2) is 29.3 Å². The van der Waals surface area contributed by atoms with Crippen molar-refractivity contribution < 1.29 is 40.4 Å². The van der Waals surface area contributed by atoms with E-state index in [0.717, 1.165) is 12.1 Å². The molecule has 0 spiro atoms. The minimum Gasteiger partial charge on any atom is -0.481 e. The van der Waals surface area contributed by atoms with Gasteiger partial charge < -0.3 is 4.74 Å². The first kappa shape index (κ1) is 25.6. The van der Waals surface area contributed by atoms with Crippen LogP contribution in [0.1, 0.15) is 11.1 Å². The summed E-state index contributed by atoms with van der Waals surface area (Å²) in [5.41, 5.74) is 0.109. The molecule has 0 fully saturated rings. The molecule has 0 amide bonds. The number of hydrogen-bond donors (Lipinski definition) is 1. The molecule has 0 saturated carbocycles. The van der Waals surface area contributed by atoms with Crippen molar-refractivity contribution in [3.63, 3.8) is 0 Å². The van der Waals surface area contributed by atoms with Crippen LogP contribution >= 0.6 is 27.5 Å². The van der Waals surface area contributed by atoms with E-state index in [4.69, 9.17) is 16.3 Å². The number of alkyl halides is 7. The minimum atomic E-state index is -6.54. The summed E-state index contributed by atoms with van der Waals surface area (Å²) in [6, 6.07) is 2.45. The third-order valence-electron chi connectivity index (χ3n) is 3.71. The maximum Gasteiger partial charge on any atom is 0.462 e. The number of halogens is 9. The zero-order valence-corrected chi connectivity index (χ0v) is 17.6. The Morgan fingerprint density at radius 1 is 1.12 bits per heavy atom. The van der Waals surface area contributed by atoms with Crippen molar-refractivity contribution in [1.29, 1.82) is 0 Å². The molecule has 0 aliphatic rings. The second kappa shape index (κ2) is 9.48. The number of rotatable bonds is 8. The molecule has 0 aromatic heterocycles. The lowest BCUT2D eigenvalue weighted by Crippen LogP contribution is -2.58. The lowest BCUT2D eigenvalue weighted by Gasteiger charge is -2.27. The molecule has 0 saturated heterocycles. The molecular formula is C17H10BrClF7N3O3. The van der Waals surface area contributed by atoms with Crippen molar-refractivity contribution in [3.05, 3.63) is 67.1 Å². The molecule has 32 heavy (non-hydrogen) atoms. The lowest BCUT2D eigenvalue weighted by atomic mass is 10.2. The van der Waals surface area contributed by atoms with E-state index in [2.05, 4.69) is 21.0 Å². The summed E-state index contributed by atoms with van der Waals surface area (Å²) in [4.78, 5) is 10.5. The molecule has 2 aromatic carbocycles. The predicted octanol–water partition coefficient (Wildman–Crippen LogP) is 6.30. The van der Waals surface area contributed by atoms with Crippen LogP contribution in [-0.2, 0) is 6.61 Å². The first-order valence-electron chi connectivity index (χ1n) is 8.13. The molecule has 0 atom stereocenters. The van der Waals surface area contributed by atoms with E-state index in [1.165, 1.54) is 0 Å². The van der Waals surface area contributed by atoms with Gasteiger partial charge in [0.15, 0.2) is 0 Å². The second-order valence-electron chi connectivity index (χ2n) is 6.04. The van der Waals surface area contributed by atoms with E-state index in [1.807, 2.05) is 0 Å². The Hall–Kier alpha value is -2.61. The zero-order valence-electron chi connectivity index (χ0n) is 15.3. The van der Waals surface area contributed by atoms with Crippen LogP contribution < -0.4 is 10.2 Å². The van der Waals surface area contributed by atoms with Crippen LogP contribution in [0.2, 0.25) is 5.02 Å². The van der Waals surface area contributed by atoms with Gasteiger partial charge in [0, 0.05) is 16.7 Å². The molecule has 2 aromatic rings. The van der Waals surface area contributed by atoms with Crippen molar-refractivity contribution in [2.75, 3.05) is 0 Å². The van der Waals surface area contributed by atoms with Gasteiger partial charge in [0.1, 0.15) is 6.61 Å². The van der Waals surface area contributed by atoms with Crippen LogP contribution in [0.25, 0.3) is 0 Å². The first-order chi connectivity index (χ1) is 14.7. The standard InChI is InChI=1S/C17H10BrClF7N3O3/c18-12-5-10(7-27-28-17(25,26)15(20,21)16(22,23)24)6-13(29(30)31)14(12)32-8-9-1-3-11(19)4-2-9/h1-7,28H,8H2/b27-7-. The van der Waals surface area contributed by atoms with Crippen LogP contribution in [0.3, 0.4) is 0 Å². The predicted molar refractivity (Wildman–Crippen MR) is 103 cm³/mol. The van der Waals surface area contributed by atoms with Crippen LogP contribution in [0, 0.1) is 10.1 Å². The zero-order chi connectivity index (χ0) is 24.3. The van der Waals surface area contributed by atoms with Gasteiger partial charge in [-0.1, -0.05) is 23.7 Å². The first-order valence-corrected chi connectivity index (χ1v) is 9.30. The largest absolute Gasteiger partial charge is 0.481 e. The summed E-state index contributed by atoms with van der Waals surface area (Å²) in [6.45, 7) is -0.107. The number of benzene rings is 2. The highest BCUT2D eigenvalue weighted by molar-refractivity contribution is 9.10. The summed E-state index contributed by atoms with van der Waals surface area (Å²) >= 11 is 8.75. The molecule has 0 heterocycles. The van der Waals surface area contributed by atoms with Crippen LogP contribution in [0.15, 0.2) is 46.0 Å². The Labute approximate surface area is 188 Å². The van der Waals surface area contributed by atoms with Crippen LogP contribution in [0.4, 0.5) is 36.4 Å². The maximum atomic E-state index is 13.2. The van der Waals surface area contributed by atoms with Crippen molar-refractivity contribution in [2.24, 2.45) is 5.10 Å². The van der Waals surface area contributed by atoms with Gasteiger partial charge in [0.2, 0.25) is 5.75 Å². The van der Waals surface area contributed by atoms with Gasteiger partial charge in [0.25, 0.3) is 0 Å². The number of nitro benzene ring substituents is 1. The number of hydrazone groups is 1. The van der Waals surface area contributed by atoms with Gasteiger partial charge >= 0.3 is 23.8 Å². The Morgan fingerprint density at radius 2 is 1.72 bits per heavy atom. The van der Waals surface area contributed by atoms with Gasteiger partial charge in [-0.15, -0.1) is 0 Å². The Bertz CT molecular complexity index is 1020. The lowest BCUT2D eigenvalue weighted by molar-refractivity contribution is -0.386. The van der Waals surface area contributed by atoms with E-state index in [0.29, 0.717) is 22.2 Å². The van der Waals surface area contributed by atoms with E-state index in [-0.39, 0.29) is 22.4 Å². The fourth-order valence-electron chi connectivity index (χ4n) is 2.12. The number of nitrogens with one attached hydrogen (secondary N) is 1. The highest BCUT2D eigenvalue weighted by atomic mass is 79.9. The Kier molecular flexibility index (Phi) is 7.60. The summed E-state index contributed by atoms with van der Waals surface area (Å²) < 4.78 is 93.8. The summed E-state index contributed by atoms with van der Waals surface area (Å²) in [5, 5.41) is 14.5. The highest BCUT2D eigenvalue weighted by Gasteiger charge is 2.73. The topological polar surface area (TPSA) is 76.8 Å². The summed E-state index contributed by atoms with van der Waals surface area (Å²) in [6.07, 6.45) is -6.13. The van der Waals surface area contributed by atoms with Crippen molar-refractivity contribution >= 4 is 39.4 Å². The molecule has 6 nitrogen and oxygen atoms in total. The molecule has 174 valence electrons. The normalized spacial score (nSPS) is 12.8.